The summed E-state index contributed by atoms with van der Waals surface area (Å²) in [7, 11) is 1.96. The standard InChI is InChI=1S/C11H13N7/c1-7(10-13-5-15-17-10)16-11-9-8(3-4-12-11)18(2)6-14-9/h3-7H,1-2H3,(H,12,16)(H,13,15,17). The maximum absolute atomic E-state index is 4.34. The highest BCUT2D eigenvalue weighted by Crippen LogP contribution is 2.22. The van der Waals surface area contributed by atoms with Crippen LogP contribution in [0.3, 0.4) is 0 Å². The van der Waals surface area contributed by atoms with Gasteiger partial charge in [0.15, 0.2) is 5.82 Å². The van der Waals surface area contributed by atoms with Gasteiger partial charge in [0.1, 0.15) is 17.7 Å². The van der Waals surface area contributed by atoms with Crippen LogP contribution in [0.2, 0.25) is 0 Å². The van der Waals surface area contributed by atoms with Gasteiger partial charge in [0.25, 0.3) is 0 Å². The normalized spacial score (nSPS) is 12.8. The molecule has 0 saturated heterocycles. The van der Waals surface area contributed by atoms with E-state index in [0.29, 0.717) is 0 Å². The molecule has 0 aliphatic carbocycles. The van der Waals surface area contributed by atoms with Crippen LogP contribution in [-0.4, -0.2) is 29.7 Å². The molecule has 0 radical (unpaired) electrons. The van der Waals surface area contributed by atoms with Gasteiger partial charge < -0.3 is 9.88 Å². The number of nitrogens with one attached hydrogen (secondary N) is 2. The average molecular weight is 243 g/mol. The minimum Gasteiger partial charge on any atom is -0.358 e. The van der Waals surface area contributed by atoms with Gasteiger partial charge in [-0.1, -0.05) is 0 Å². The first kappa shape index (κ1) is 10.7. The van der Waals surface area contributed by atoms with E-state index in [-0.39, 0.29) is 6.04 Å². The molecule has 0 aliphatic heterocycles. The van der Waals surface area contributed by atoms with Crippen LogP contribution in [0.4, 0.5) is 5.82 Å². The summed E-state index contributed by atoms with van der Waals surface area (Å²) in [5.41, 5.74) is 1.89. The zero-order valence-corrected chi connectivity index (χ0v) is 10.1. The van der Waals surface area contributed by atoms with Crippen molar-refractivity contribution in [1.82, 2.24) is 29.7 Å². The molecule has 0 amide bonds. The number of nitrogens with zero attached hydrogens (tertiary/aromatic N) is 5. The molecule has 7 nitrogen and oxygen atoms in total. The number of anilines is 1. The van der Waals surface area contributed by atoms with Gasteiger partial charge in [-0.25, -0.2) is 15.0 Å². The second kappa shape index (κ2) is 4.10. The molecule has 3 heterocycles. The molecule has 3 aromatic heterocycles. The van der Waals surface area contributed by atoms with Crippen LogP contribution in [0.5, 0.6) is 0 Å². The quantitative estimate of drug-likeness (QED) is 0.723. The van der Waals surface area contributed by atoms with Gasteiger partial charge in [0.2, 0.25) is 0 Å². The molecule has 18 heavy (non-hydrogen) atoms. The van der Waals surface area contributed by atoms with E-state index < -0.39 is 0 Å². The summed E-state index contributed by atoms with van der Waals surface area (Å²) >= 11 is 0. The van der Waals surface area contributed by atoms with Gasteiger partial charge in [0, 0.05) is 13.2 Å². The van der Waals surface area contributed by atoms with Crippen molar-refractivity contribution in [3.05, 3.63) is 30.7 Å². The van der Waals surface area contributed by atoms with Crippen molar-refractivity contribution in [3.63, 3.8) is 0 Å². The maximum atomic E-state index is 4.34. The van der Waals surface area contributed by atoms with Crippen LogP contribution in [0.15, 0.2) is 24.9 Å². The molecule has 0 spiro atoms. The number of aromatic amines is 1. The van der Waals surface area contributed by atoms with Gasteiger partial charge in [-0.15, -0.1) is 0 Å². The lowest BCUT2D eigenvalue weighted by Gasteiger charge is -2.11. The van der Waals surface area contributed by atoms with E-state index in [1.54, 1.807) is 12.5 Å². The molecule has 0 fully saturated rings. The number of hydrogen-bond acceptors (Lipinski definition) is 5. The summed E-state index contributed by atoms with van der Waals surface area (Å²) in [5.74, 6) is 1.52. The predicted molar refractivity (Wildman–Crippen MR) is 66.9 cm³/mol. The van der Waals surface area contributed by atoms with Crippen LogP contribution in [0.25, 0.3) is 11.0 Å². The molecule has 3 aromatic rings. The first-order valence-electron chi connectivity index (χ1n) is 5.63. The Bertz CT molecular complexity index is 655. The van der Waals surface area contributed by atoms with Gasteiger partial charge in [-0.05, 0) is 13.0 Å². The monoisotopic (exact) mass is 243 g/mol. The van der Waals surface area contributed by atoms with Gasteiger partial charge in [0.05, 0.1) is 17.9 Å². The number of imidazole rings is 1. The Labute approximate surface area is 103 Å². The Kier molecular flexibility index (Phi) is 2.44. The third-order valence-electron chi connectivity index (χ3n) is 2.84. The summed E-state index contributed by atoms with van der Waals surface area (Å²) in [6, 6.07) is 1.93. The lowest BCUT2D eigenvalue weighted by molar-refractivity contribution is 0.791. The summed E-state index contributed by atoms with van der Waals surface area (Å²) < 4.78 is 1.96. The Hall–Kier alpha value is -2.44. The summed E-state index contributed by atoms with van der Waals surface area (Å²) in [6.45, 7) is 1.99. The second-order valence-corrected chi connectivity index (χ2v) is 4.12. The van der Waals surface area contributed by atoms with E-state index in [4.69, 9.17) is 0 Å². The highest BCUT2D eigenvalue weighted by molar-refractivity contribution is 5.85. The first-order chi connectivity index (χ1) is 8.75. The number of pyridine rings is 1. The fourth-order valence-electron chi connectivity index (χ4n) is 1.86. The Morgan fingerprint density at radius 3 is 3.00 bits per heavy atom. The molecular formula is C11H13N7. The predicted octanol–water partition coefficient (Wildman–Crippen LogP) is 1.26. The van der Waals surface area contributed by atoms with Crippen molar-refractivity contribution in [2.45, 2.75) is 13.0 Å². The third kappa shape index (κ3) is 1.69. The highest BCUT2D eigenvalue weighted by atomic mass is 15.2. The molecule has 0 aliphatic rings. The number of aromatic nitrogens is 6. The van der Waals surface area contributed by atoms with Crippen molar-refractivity contribution < 1.29 is 0 Å². The highest BCUT2D eigenvalue weighted by Gasteiger charge is 2.12. The lowest BCUT2D eigenvalue weighted by Crippen LogP contribution is -2.10. The van der Waals surface area contributed by atoms with E-state index in [2.05, 4.69) is 30.5 Å². The average Bonchev–Trinajstić information content (AvgIpc) is 3.00. The van der Waals surface area contributed by atoms with Gasteiger partial charge >= 0.3 is 0 Å². The van der Waals surface area contributed by atoms with E-state index in [1.165, 1.54) is 6.33 Å². The Balaban J connectivity index is 1.95. The van der Waals surface area contributed by atoms with E-state index in [1.807, 2.05) is 24.6 Å². The topological polar surface area (TPSA) is 84.3 Å². The van der Waals surface area contributed by atoms with Gasteiger partial charge in [-0.2, -0.15) is 5.10 Å². The van der Waals surface area contributed by atoms with Crippen molar-refractivity contribution in [3.8, 4) is 0 Å². The molecule has 0 bridgehead atoms. The molecular weight excluding hydrogens is 230 g/mol. The molecule has 0 aromatic carbocycles. The Morgan fingerprint density at radius 2 is 2.22 bits per heavy atom. The molecule has 0 saturated carbocycles. The molecule has 1 atom stereocenters. The zero-order valence-electron chi connectivity index (χ0n) is 10.1. The fourth-order valence-corrected chi connectivity index (χ4v) is 1.86. The SMILES string of the molecule is CC(Nc1nccc2c1ncn2C)c1ncn[nH]1. The molecule has 3 rings (SSSR count). The van der Waals surface area contributed by atoms with Crippen molar-refractivity contribution >= 4 is 16.9 Å². The number of rotatable bonds is 3. The van der Waals surface area contributed by atoms with E-state index in [0.717, 1.165) is 22.7 Å². The van der Waals surface area contributed by atoms with Crippen LogP contribution in [-0.2, 0) is 7.05 Å². The smallest absolute Gasteiger partial charge is 0.154 e. The number of fused-ring (bicyclic) bond motifs is 1. The van der Waals surface area contributed by atoms with Crippen LogP contribution < -0.4 is 5.32 Å². The lowest BCUT2D eigenvalue weighted by atomic mass is 10.3. The second-order valence-electron chi connectivity index (χ2n) is 4.12. The number of hydrogen-bond donors (Lipinski definition) is 2. The largest absolute Gasteiger partial charge is 0.358 e. The maximum Gasteiger partial charge on any atom is 0.154 e. The van der Waals surface area contributed by atoms with Crippen LogP contribution in [0.1, 0.15) is 18.8 Å². The van der Waals surface area contributed by atoms with E-state index in [9.17, 15) is 0 Å². The van der Waals surface area contributed by atoms with Crippen LogP contribution >= 0.6 is 0 Å². The zero-order chi connectivity index (χ0) is 12.5. The van der Waals surface area contributed by atoms with Gasteiger partial charge in [-0.3, -0.25) is 5.10 Å². The first-order valence-corrected chi connectivity index (χ1v) is 5.63. The molecule has 1 unspecified atom stereocenters. The van der Waals surface area contributed by atoms with Crippen molar-refractivity contribution in [2.75, 3.05) is 5.32 Å². The molecule has 92 valence electrons. The molecule has 2 N–H and O–H groups in total. The number of H-pyrrole nitrogens is 1. The van der Waals surface area contributed by atoms with Crippen molar-refractivity contribution in [1.29, 1.82) is 0 Å². The third-order valence-corrected chi connectivity index (χ3v) is 2.84. The summed E-state index contributed by atoms with van der Waals surface area (Å²) in [4.78, 5) is 12.8. The Morgan fingerprint density at radius 1 is 1.33 bits per heavy atom. The minimum absolute atomic E-state index is 0.00685. The summed E-state index contributed by atoms with van der Waals surface area (Å²) in [5, 5.41) is 9.95. The van der Waals surface area contributed by atoms with Crippen LogP contribution in [0, 0.1) is 0 Å². The number of aryl methyl sites for hydroxylation is 1. The van der Waals surface area contributed by atoms with E-state index >= 15 is 0 Å². The summed E-state index contributed by atoms with van der Waals surface area (Å²) in [6.07, 6.45) is 5.03. The molecule has 7 heteroatoms. The fraction of sp³-hybridized carbons (Fsp3) is 0.273. The van der Waals surface area contributed by atoms with Crippen molar-refractivity contribution in [2.24, 2.45) is 7.05 Å². The minimum atomic E-state index is -0.00685.